The van der Waals surface area contributed by atoms with E-state index >= 15 is 0 Å². The first-order valence-electron chi connectivity index (χ1n) is 11.1. The molecule has 0 spiro atoms. The number of carbonyl (C=O) groups is 1. The summed E-state index contributed by atoms with van der Waals surface area (Å²) in [6, 6.07) is 7.93. The first-order valence-corrected chi connectivity index (χ1v) is 11.9. The lowest BCUT2D eigenvalue weighted by Crippen LogP contribution is -2.36. The van der Waals surface area contributed by atoms with Gasteiger partial charge in [-0.3, -0.25) is 4.79 Å². The molecule has 0 radical (unpaired) electrons. The van der Waals surface area contributed by atoms with Gasteiger partial charge in [-0.05, 0) is 30.9 Å². The second-order valence-corrected chi connectivity index (χ2v) is 9.65. The summed E-state index contributed by atoms with van der Waals surface area (Å²) in [5.74, 6) is 2.16. The summed E-state index contributed by atoms with van der Waals surface area (Å²) < 4.78 is 5.34. The van der Waals surface area contributed by atoms with Gasteiger partial charge in [0, 0.05) is 48.9 Å². The van der Waals surface area contributed by atoms with Gasteiger partial charge < -0.3 is 14.5 Å². The predicted molar refractivity (Wildman–Crippen MR) is 125 cm³/mol. The Hall–Kier alpha value is -3.00. The van der Waals surface area contributed by atoms with Crippen molar-refractivity contribution in [1.82, 2.24) is 19.9 Å². The van der Waals surface area contributed by atoms with Gasteiger partial charge in [0.1, 0.15) is 10.8 Å². The van der Waals surface area contributed by atoms with E-state index in [0.717, 1.165) is 58.8 Å². The summed E-state index contributed by atoms with van der Waals surface area (Å²) in [7, 11) is 1.67. The first-order chi connectivity index (χ1) is 15.6. The minimum absolute atomic E-state index is 0.0226. The second kappa shape index (κ2) is 8.86. The summed E-state index contributed by atoms with van der Waals surface area (Å²) in [5.41, 5.74) is 2.67. The van der Waals surface area contributed by atoms with Crippen LogP contribution in [0.15, 0.2) is 36.7 Å². The summed E-state index contributed by atoms with van der Waals surface area (Å²) in [6.45, 7) is 5.43. The number of aromatic nitrogens is 3. The van der Waals surface area contributed by atoms with Crippen molar-refractivity contribution in [3.8, 4) is 16.3 Å². The Morgan fingerprint density at radius 2 is 2.06 bits per heavy atom. The van der Waals surface area contributed by atoms with E-state index in [1.54, 1.807) is 30.8 Å². The van der Waals surface area contributed by atoms with Crippen molar-refractivity contribution in [2.75, 3.05) is 31.6 Å². The molecule has 1 unspecified atom stereocenters. The van der Waals surface area contributed by atoms with Crippen molar-refractivity contribution < 1.29 is 9.53 Å². The lowest BCUT2D eigenvalue weighted by Gasteiger charge is -2.31. The normalized spacial score (nSPS) is 18.4. The second-order valence-electron chi connectivity index (χ2n) is 8.56. The number of benzene rings is 1. The average Bonchev–Trinajstić information content (AvgIpc) is 3.27. The molecule has 0 bridgehead atoms. The summed E-state index contributed by atoms with van der Waals surface area (Å²) in [4.78, 5) is 32.2. The van der Waals surface area contributed by atoms with Crippen LogP contribution in [-0.2, 0) is 13.0 Å². The SMILES string of the molecule is COc1cccc(-c2nc3c(s2)CN(C(=O)c2cnc(N4CCCC(C)C4)nc2)CC3)c1. The molecule has 2 aliphatic heterocycles. The number of anilines is 1. The van der Waals surface area contributed by atoms with Gasteiger partial charge in [0.05, 0.1) is 24.9 Å². The molecule has 166 valence electrons. The number of amides is 1. The number of rotatable bonds is 4. The molecule has 1 aromatic carbocycles. The smallest absolute Gasteiger partial charge is 0.257 e. The zero-order valence-corrected chi connectivity index (χ0v) is 19.3. The Morgan fingerprint density at radius 3 is 2.84 bits per heavy atom. The van der Waals surface area contributed by atoms with Gasteiger partial charge in [0.15, 0.2) is 0 Å². The van der Waals surface area contributed by atoms with Gasteiger partial charge in [-0.15, -0.1) is 11.3 Å². The van der Waals surface area contributed by atoms with Crippen LogP contribution in [0, 0.1) is 5.92 Å². The van der Waals surface area contributed by atoms with E-state index in [9.17, 15) is 4.79 Å². The summed E-state index contributed by atoms with van der Waals surface area (Å²) in [6.07, 6.45) is 6.52. The van der Waals surface area contributed by atoms with E-state index in [1.807, 2.05) is 29.2 Å². The van der Waals surface area contributed by atoms with Crippen LogP contribution in [0.3, 0.4) is 0 Å². The van der Waals surface area contributed by atoms with E-state index < -0.39 is 0 Å². The monoisotopic (exact) mass is 449 g/mol. The number of hydrogen-bond acceptors (Lipinski definition) is 7. The number of carbonyl (C=O) groups excluding carboxylic acids is 1. The molecule has 2 aromatic heterocycles. The lowest BCUT2D eigenvalue weighted by atomic mass is 10.0. The van der Waals surface area contributed by atoms with E-state index in [0.29, 0.717) is 24.6 Å². The van der Waals surface area contributed by atoms with Crippen LogP contribution < -0.4 is 9.64 Å². The largest absolute Gasteiger partial charge is 0.497 e. The number of methoxy groups -OCH3 is 1. The fraction of sp³-hybridized carbons (Fsp3) is 0.417. The van der Waals surface area contributed by atoms with Crippen molar-refractivity contribution >= 4 is 23.2 Å². The molecule has 0 N–H and O–H groups in total. The third kappa shape index (κ3) is 4.19. The Morgan fingerprint density at radius 1 is 1.22 bits per heavy atom. The zero-order valence-electron chi connectivity index (χ0n) is 18.5. The van der Waals surface area contributed by atoms with Gasteiger partial charge in [-0.25, -0.2) is 15.0 Å². The minimum Gasteiger partial charge on any atom is -0.497 e. The number of ether oxygens (including phenoxy) is 1. The molecule has 1 fully saturated rings. The van der Waals surface area contributed by atoms with Crippen LogP contribution >= 0.6 is 11.3 Å². The molecular weight excluding hydrogens is 422 g/mol. The van der Waals surface area contributed by atoms with Crippen LogP contribution in [0.2, 0.25) is 0 Å². The van der Waals surface area contributed by atoms with E-state index in [1.165, 1.54) is 6.42 Å². The molecule has 4 heterocycles. The molecule has 1 saturated heterocycles. The van der Waals surface area contributed by atoms with Crippen molar-refractivity contribution in [2.24, 2.45) is 5.92 Å². The number of thiazole rings is 1. The maximum absolute atomic E-state index is 13.1. The molecule has 7 nitrogen and oxygen atoms in total. The highest BCUT2D eigenvalue weighted by atomic mass is 32.1. The van der Waals surface area contributed by atoms with E-state index in [4.69, 9.17) is 9.72 Å². The molecule has 32 heavy (non-hydrogen) atoms. The van der Waals surface area contributed by atoms with Gasteiger partial charge in [-0.2, -0.15) is 0 Å². The molecule has 0 saturated carbocycles. The predicted octanol–water partition coefficient (Wildman–Crippen LogP) is 4.04. The Labute approximate surface area is 192 Å². The van der Waals surface area contributed by atoms with Crippen LogP contribution in [-0.4, -0.2) is 52.5 Å². The molecule has 0 aliphatic carbocycles. The number of nitrogens with zero attached hydrogens (tertiary/aromatic N) is 5. The van der Waals surface area contributed by atoms with E-state index in [-0.39, 0.29) is 5.91 Å². The highest BCUT2D eigenvalue weighted by Gasteiger charge is 2.26. The van der Waals surface area contributed by atoms with Crippen LogP contribution in [0.25, 0.3) is 10.6 Å². The van der Waals surface area contributed by atoms with E-state index in [2.05, 4.69) is 21.8 Å². The van der Waals surface area contributed by atoms with Crippen LogP contribution in [0.1, 0.15) is 40.7 Å². The first kappa shape index (κ1) is 20.9. The Bertz CT molecular complexity index is 1110. The van der Waals surface area contributed by atoms with Gasteiger partial charge >= 0.3 is 0 Å². The molecule has 3 aromatic rings. The number of hydrogen-bond donors (Lipinski definition) is 0. The Kier molecular flexibility index (Phi) is 5.78. The number of piperidine rings is 1. The molecule has 2 aliphatic rings. The average molecular weight is 450 g/mol. The van der Waals surface area contributed by atoms with Crippen molar-refractivity contribution in [3.63, 3.8) is 0 Å². The maximum Gasteiger partial charge on any atom is 0.257 e. The van der Waals surface area contributed by atoms with Crippen molar-refractivity contribution in [2.45, 2.75) is 32.7 Å². The number of fused-ring (bicyclic) bond motifs is 1. The quantitative estimate of drug-likeness (QED) is 0.599. The summed E-state index contributed by atoms with van der Waals surface area (Å²) >= 11 is 1.65. The minimum atomic E-state index is -0.0226. The zero-order chi connectivity index (χ0) is 22.1. The van der Waals surface area contributed by atoms with Crippen LogP contribution in [0.4, 0.5) is 5.95 Å². The molecule has 1 atom stereocenters. The van der Waals surface area contributed by atoms with Gasteiger partial charge in [0.2, 0.25) is 5.95 Å². The van der Waals surface area contributed by atoms with Gasteiger partial charge in [-0.1, -0.05) is 19.1 Å². The Balaban J connectivity index is 1.29. The fourth-order valence-electron chi connectivity index (χ4n) is 4.40. The topological polar surface area (TPSA) is 71.5 Å². The lowest BCUT2D eigenvalue weighted by molar-refractivity contribution is 0.0735. The highest BCUT2D eigenvalue weighted by molar-refractivity contribution is 7.15. The highest BCUT2D eigenvalue weighted by Crippen LogP contribution is 2.33. The standard InChI is InChI=1S/C24H27N5O2S/c1-16-5-4-9-29(14-16)24-25-12-18(13-26-24)23(30)28-10-8-20-21(15-28)32-22(27-20)17-6-3-7-19(11-17)31-2/h3,6-7,11-13,16H,4-5,8-10,14-15H2,1-2H3. The molecule has 1 amide bonds. The maximum atomic E-state index is 13.1. The van der Waals surface area contributed by atoms with Gasteiger partial charge in [0.25, 0.3) is 5.91 Å². The fourth-order valence-corrected chi connectivity index (χ4v) is 5.52. The third-order valence-corrected chi connectivity index (χ3v) is 7.29. The van der Waals surface area contributed by atoms with Crippen molar-refractivity contribution in [1.29, 1.82) is 0 Å². The third-order valence-electron chi connectivity index (χ3n) is 6.16. The van der Waals surface area contributed by atoms with Crippen LogP contribution in [0.5, 0.6) is 5.75 Å². The van der Waals surface area contributed by atoms with Crippen molar-refractivity contribution in [3.05, 3.63) is 52.8 Å². The molecular formula is C24H27N5O2S. The summed E-state index contributed by atoms with van der Waals surface area (Å²) in [5, 5.41) is 0.964. The molecule has 8 heteroatoms. The molecule has 5 rings (SSSR count).